The molecule has 0 saturated carbocycles. The second-order valence-electron chi connectivity index (χ2n) is 3.35. The Kier molecular flexibility index (Phi) is 2.79. The first-order valence-electron chi connectivity index (χ1n) is 4.56. The fourth-order valence-corrected chi connectivity index (χ4v) is 1.68. The second-order valence-corrected chi connectivity index (χ2v) is 3.70. The average Bonchev–Trinajstić information content (AvgIpc) is 2.27. The maximum Gasteiger partial charge on any atom is 0.456 e. The Morgan fingerprint density at radius 3 is 2.53 bits per heavy atom. The zero-order chi connectivity index (χ0) is 12.6. The van der Waals surface area contributed by atoms with Gasteiger partial charge in [0.2, 0.25) is 0 Å². The summed E-state index contributed by atoms with van der Waals surface area (Å²) in [5, 5.41) is 0.837. The number of hydrogen-bond donors (Lipinski definition) is 0. The molecule has 0 aliphatic heterocycles. The molecule has 0 fully saturated rings. The molecular formula is C11H5ClF3NO. The molecule has 2 nitrogen and oxygen atoms in total. The maximum atomic E-state index is 12.2. The third kappa shape index (κ3) is 2.24. The van der Waals surface area contributed by atoms with Crippen molar-refractivity contribution in [2.75, 3.05) is 0 Å². The molecule has 0 radical (unpaired) electrons. The number of ketones is 1. The lowest BCUT2D eigenvalue weighted by Gasteiger charge is -2.06. The molecule has 2 aromatic rings. The van der Waals surface area contributed by atoms with E-state index in [1.54, 1.807) is 24.3 Å². The van der Waals surface area contributed by atoms with Gasteiger partial charge in [0.05, 0.1) is 0 Å². The molecule has 0 amide bonds. The van der Waals surface area contributed by atoms with Gasteiger partial charge in [-0.05, 0) is 11.5 Å². The highest BCUT2D eigenvalue weighted by Crippen LogP contribution is 2.26. The van der Waals surface area contributed by atoms with Gasteiger partial charge in [-0.1, -0.05) is 35.9 Å². The fraction of sp³-hybridized carbons (Fsp3) is 0.0909. The van der Waals surface area contributed by atoms with E-state index < -0.39 is 17.7 Å². The van der Waals surface area contributed by atoms with E-state index in [2.05, 4.69) is 4.98 Å². The van der Waals surface area contributed by atoms with Gasteiger partial charge < -0.3 is 0 Å². The molecule has 0 unspecified atom stereocenters. The highest BCUT2D eigenvalue weighted by Gasteiger charge is 2.40. The molecule has 6 heteroatoms. The van der Waals surface area contributed by atoms with Gasteiger partial charge in [-0.25, -0.2) is 4.98 Å². The fourth-order valence-electron chi connectivity index (χ4n) is 1.42. The van der Waals surface area contributed by atoms with Crippen molar-refractivity contribution in [2.45, 2.75) is 6.18 Å². The summed E-state index contributed by atoms with van der Waals surface area (Å²) in [6.07, 6.45) is -4.95. The van der Waals surface area contributed by atoms with Crippen LogP contribution >= 0.6 is 11.6 Å². The standard InChI is InChI=1S/C11H5ClF3NO/c12-10-7-4-2-1-3-6(7)5-8(16-10)9(17)11(13,14)15/h1-5H. The van der Waals surface area contributed by atoms with Gasteiger partial charge in [0.15, 0.2) is 0 Å². The van der Waals surface area contributed by atoms with Crippen molar-refractivity contribution in [2.24, 2.45) is 0 Å². The molecule has 1 aromatic carbocycles. The van der Waals surface area contributed by atoms with Crippen molar-refractivity contribution in [3.63, 3.8) is 0 Å². The molecule has 0 atom stereocenters. The highest BCUT2D eigenvalue weighted by molar-refractivity contribution is 6.34. The smallest absolute Gasteiger partial charge is 0.282 e. The number of benzene rings is 1. The van der Waals surface area contributed by atoms with Gasteiger partial charge in [-0.15, -0.1) is 0 Å². The number of hydrogen-bond acceptors (Lipinski definition) is 2. The summed E-state index contributed by atoms with van der Waals surface area (Å²) in [6, 6.07) is 7.58. The maximum absolute atomic E-state index is 12.2. The number of nitrogens with zero attached hydrogens (tertiary/aromatic N) is 1. The van der Waals surface area contributed by atoms with Crippen LogP contribution in [-0.4, -0.2) is 16.9 Å². The van der Waals surface area contributed by atoms with Gasteiger partial charge >= 0.3 is 6.18 Å². The van der Waals surface area contributed by atoms with Crippen LogP contribution in [0.4, 0.5) is 13.2 Å². The summed E-state index contributed by atoms with van der Waals surface area (Å²) >= 11 is 5.73. The molecular weight excluding hydrogens is 255 g/mol. The van der Waals surface area contributed by atoms with Crippen LogP contribution in [0, 0.1) is 0 Å². The van der Waals surface area contributed by atoms with Crippen molar-refractivity contribution < 1.29 is 18.0 Å². The second kappa shape index (κ2) is 4.00. The molecule has 17 heavy (non-hydrogen) atoms. The molecule has 1 heterocycles. The predicted octanol–water partition coefficient (Wildman–Crippen LogP) is 3.63. The molecule has 0 aliphatic rings. The van der Waals surface area contributed by atoms with E-state index in [1.807, 2.05) is 0 Å². The van der Waals surface area contributed by atoms with E-state index in [0.29, 0.717) is 10.8 Å². The van der Waals surface area contributed by atoms with Crippen molar-refractivity contribution in [1.29, 1.82) is 0 Å². The van der Waals surface area contributed by atoms with Gasteiger partial charge in [0, 0.05) is 5.39 Å². The lowest BCUT2D eigenvalue weighted by Crippen LogP contribution is -2.23. The van der Waals surface area contributed by atoms with Crippen LogP contribution < -0.4 is 0 Å². The van der Waals surface area contributed by atoms with Crippen LogP contribution in [0.2, 0.25) is 5.15 Å². The Balaban J connectivity index is 2.62. The molecule has 2 rings (SSSR count). The van der Waals surface area contributed by atoms with Crippen LogP contribution in [0.15, 0.2) is 30.3 Å². The minimum atomic E-state index is -4.95. The molecule has 0 saturated heterocycles. The number of carbonyl (C=O) groups excluding carboxylic acids is 1. The van der Waals surface area contributed by atoms with E-state index in [4.69, 9.17) is 11.6 Å². The van der Waals surface area contributed by atoms with E-state index in [-0.39, 0.29) is 5.15 Å². The van der Waals surface area contributed by atoms with Gasteiger partial charge in [-0.3, -0.25) is 4.79 Å². The Bertz CT molecular complexity index is 595. The number of halogens is 4. The first kappa shape index (κ1) is 11.9. The third-order valence-corrected chi connectivity index (χ3v) is 2.47. The zero-order valence-electron chi connectivity index (χ0n) is 8.25. The zero-order valence-corrected chi connectivity index (χ0v) is 9.01. The number of rotatable bonds is 1. The normalized spacial score (nSPS) is 11.8. The minimum absolute atomic E-state index is 0.115. The Morgan fingerprint density at radius 2 is 1.88 bits per heavy atom. The predicted molar refractivity (Wildman–Crippen MR) is 57.1 cm³/mol. The Hall–Kier alpha value is -1.62. The van der Waals surface area contributed by atoms with Crippen LogP contribution in [0.5, 0.6) is 0 Å². The number of aromatic nitrogens is 1. The van der Waals surface area contributed by atoms with E-state index >= 15 is 0 Å². The first-order chi connectivity index (χ1) is 7.89. The Morgan fingerprint density at radius 1 is 1.24 bits per heavy atom. The van der Waals surface area contributed by atoms with Crippen molar-refractivity contribution >= 4 is 28.2 Å². The lowest BCUT2D eigenvalue weighted by atomic mass is 10.1. The van der Waals surface area contributed by atoms with Crippen LogP contribution in [0.3, 0.4) is 0 Å². The van der Waals surface area contributed by atoms with Gasteiger partial charge in [0.25, 0.3) is 5.78 Å². The number of Topliss-reactive ketones (excluding diaryl/α,β-unsaturated/α-hetero) is 1. The van der Waals surface area contributed by atoms with E-state index in [0.717, 1.165) is 6.07 Å². The summed E-state index contributed by atoms with van der Waals surface area (Å²) < 4.78 is 36.7. The Labute approximate surface area is 99.0 Å². The number of fused-ring (bicyclic) bond motifs is 1. The van der Waals surface area contributed by atoms with Crippen molar-refractivity contribution in [3.8, 4) is 0 Å². The van der Waals surface area contributed by atoms with Crippen LogP contribution in [0.1, 0.15) is 10.5 Å². The summed E-state index contributed by atoms with van der Waals surface area (Å²) in [5.74, 6) is -2.00. The topological polar surface area (TPSA) is 30.0 Å². The highest BCUT2D eigenvalue weighted by atomic mass is 35.5. The quantitative estimate of drug-likeness (QED) is 0.578. The average molecular weight is 260 g/mol. The van der Waals surface area contributed by atoms with Crippen molar-refractivity contribution in [3.05, 3.63) is 41.2 Å². The number of pyridine rings is 1. The van der Waals surface area contributed by atoms with Crippen molar-refractivity contribution in [1.82, 2.24) is 4.98 Å². The molecule has 0 aliphatic carbocycles. The monoisotopic (exact) mass is 259 g/mol. The SMILES string of the molecule is O=C(c1cc2ccccc2c(Cl)n1)C(F)(F)F. The minimum Gasteiger partial charge on any atom is -0.282 e. The van der Waals surface area contributed by atoms with E-state index in [9.17, 15) is 18.0 Å². The summed E-state index contributed by atoms with van der Waals surface area (Å²) in [5.41, 5.74) is -0.693. The van der Waals surface area contributed by atoms with Crippen LogP contribution in [-0.2, 0) is 0 Å². The van der Waals surface area contributed by atoms with E-state index in [1.165, 1.54) is 0 Å². The third-order valence-electron chi connectivity index (χ3n) is 2.18. The van der Waals surface area contributed by atoms with Gasteiger partial charge in [-0.2, -0.15) is 13.2 Å². The van der Waals surface area contributed by atoms with Gasteiger partial charge in [0.1, 0.15) is 10.8 Å². The first-order valence-corrected chi connectivity index (χ1v) is 4.94. The number of alkyl halides is 3. The molecule has 1 aromatic heterocycles. The lowest BCUT2D eigenvalue weighted by molar-refractivity contribution is -0.0888. The molecule has 88 valence electrons. The molecule has 0 spiro atoms. The molecule has 0 N–H and O–H groups in total. The summed E-state index contributed by atoms with van der Waals surface area (Å²) in [4.78, 5) is 14.5. The molecule has 0 bridgehead atoms. The summed E-state index contributed by atoms with van der Waals surface area (Å²) in [6.45, 7) is 0. The number of carbonyl (C=O) groups is 1. The largest absolute Gasteiger partial charge is 0.456 e. The van der Waals surface area contributed by atoms with Crippen LogP contribution in [0.25, 0.3) is 10.8 Å². The summed E-state index contributed by atoms with van der Waals surface area (Å²) in [7, 11) is 0.